The van der Waals surface area contributed by atoms with Crippen LogP contribution < -0.4 is 4.74 Å². The fourth-order valence-corrected chi connectivity index (χ4v) is 3.84. The summed E-state index contributed by atoms with van der Waals surface area (Å²) < 4.78 is 6.44. The van der Waals surface area contributed by atoms with E-state index in [2.05, 4.69) is 60.4 Å². The standard InChI is InChI=1S/C20H23NO/c1-15-8-10-17(11-9-15)22-20-18-7-3-2-6-16(18)14-19(20)21-12-4-5-13-21/h2-3,6-11,19-20H,4-5,12-14H2,1H3/t19-,20-/m0/s1. The summed E-state index contributed by atoms with van der Waals surface area (Å²) in [6.07, 6.45) is 3.93. The zero-order valence-corrected chi connectivity index (χ0v) is 13.2. The molecular formula is C20H23NO. The number of fused-ring (bicyclic) bond motifs is 1. The van der Waals surface area contributed by atoms with Crippen LogP contribution in [0.15, 0.2) is 48.5 Å². The lowest BCUT2D eigenvalue weighted by molar-refractivity contribution is 0.0941. The van der Waals surface area contributed by atoms with Crippen LogP contribution in [0.2, 0.25) is 0 Å². The first-order valence-electron chi connectivity index (χ1n) is 8.36. The average Bonchev–Trinajstić information content (AvgIpc) is 3.18. The summed E-state index contributed by atoms with van der Waals surface area (Å²) in [6.45, 7) is 4.54. The first kappa shape index (κ1) is 13.8. The Labute approximate surface area is 132 Å². The van der Waals surface area contributed by atoms with Crippen molar-refractivity contribution in [3.05, 3.63) is 65.2 Å². The molecule has 0 saturated carbocycles. The van der Waals surface area contributed by atoms with Gasteiger partial charge in [-0.15, -0.1) is 0 Å². The van der Waals surface area contributed by atoms with E-state index in [1.54, 1.807) is 0 Å². The average molecular weight is 293 g/mol. The molecule has 0 unspecified atom stereocenters. The number of likely N-dealkylation sites (tertiary alicyclic amines) is 1. The Bertz CT molecular complexity index is 643. The molecule has 2 aliphatic rings. The highest BCUT2D eigenvalue weighted by Crippen LogP contribution is 2.39. The second-order valence-electron chi connectivity index (χ2n) is 6.56. The number of benzene rings is 2. The maximum absolute atomic E-state index is 6.44. The molecule has 0 spiro atoms. The third kappa shape index (κ3) is 2.52. The van der Waals surface area contributed by atoms with E-state index in [0.29, 0.717) is 6.04 Å². The highest BCUT2D eigenvalue weighted by molar-refractivity contribution is 5.38. The second kappa shape index (κ2) is 5.77. The predicted octanol–water partition coefficient (Wildman–Crippen LogP) is 4.14. The number of ether oxygens (including phenoxy) is 1. The van der Waals surface area contributed by atoms with Gasteiger partial charge in [0, 0.05) is 0 Å². The molecule has 2 aromatic rings. The van der Waals surface area contributed by atoms with Gasteiger partial charge in [0.15, 0.2) is 0 Å². The van der Waals surface area contributed by atoms with Gasteiger partial charge >= 0.3 is 0 Å². The minimum absolute atomic E-state index is 0.164. The van der Waals surface area contributed by atoms with Crippen molar-refractivity contribution in [3.63, 3.8) is 0 Å². The number of hydrogen-bond donors (Lipinski definition) is 0. The molecular weight excluding hydrogens is 270 g/mol. The molecule has 1 aliphatic heterocycles. The minimum atomic E-state index is 0.164. The van der Waals surface area contributed by atoms with Gasteiger partial charge in [-0.2, -0.15) is 0 Å². The fourth-order valence-electron chi connectivity index (χ4n) is 3.84. The Morgan fingerprint density at radius 1 is 0.955 bits per heavy atom. The summed E-state index contributed by atoms with van der Waals surface area (Å²) in [5, 5.41) is 0. The van der Waals surface area contributed by atoms with Gasteiger partial charge < -0.3 is 4.74 Å². The highest BCUT2D eigenvalue weighted by atomic mass is 16.5. The number of rotatable bonds is 3. The molecule has 0 aromatic heterocycles. The van der Waals surface area contributed by atoms with Gasteiger partial charge in [0.25, 0.3) is 0 Å². The van der Waals surface area contributed by atoms with Crippen molar-refractivity contribution < 1.29 is 4.74 Å². The van der Waals surface area contributed by atoms with E-state index in [1.807, 2.05) is 0 Å². The van der Waals surface area contributed by atoms with E-state index >= 15 is 0 Å². The van der Waals surface area contributed by atoms with Crippen LogP contribution in [0.3, 0.4) is 0 Å². The summed E-state index contributed by atoms with van der Waals surface area (Å²) in [5.74, 6) is 0.983. The smallest absolute Gasteiger partial charge is 0.140 e. The fraction of sp³-hybridized carbons (Fsp3) is 0.400. The zero-order valence-electron chi connectivity index (χ0n) is 13.2. The van der Waals surface area contributed by atoms with Crippen molar-refractivity contribution >= 4 is 0 Å². The molecule has 0 radical (unpaired) electrons. The van der Waals surface area contributed by atoms with E-state index < -0.39 is 0 Å². The Balaban J connectivity index is 1.64. The third-order valence-electron chi connectivity index (χ3n) is 5.03. The van der Waals surface area contributed by atoms with Gasteiger partial charge in [0.1, 0.15) is 11.9 Å². The third-order valence-corrected chi connectivity index (χ3v) is 5.03. The Morgan fingerprint density at radius 3 is 2.45 bits per heavy atom. The van der Waals surface area contributed by atoms with Gasteiger partial charge in [-0.05, 0) is 62.5 Å². The van der Waals surface area contributed by atoms with Crippen molar-refractivity contribution in [3.8, 4) is 5.75 Å². The second-order valence-corrected chi connectivity index (χ2v) is 6.56. The van der Waals surface area contributed by atoms with Gasteiger partial charge in [-0.3, -0.25) is 4.90 Å². The highest BCUT2D eigenvalue weighted by Gasteiger charge is 2.38. The van der Waals surface area contributed by atoms with Gasteiger partial charge in [0.2, 0.25) is 0 Å². The van der Waals surface area contributed by atoms with Gasteiger partial charge in [-0.1, -0.05) is 42.0 Å². The molecule has 0 amide bonds. The van der Waals surface area contributed by atoms with Crippen molar-refractivity contribution in [1.29, 1.82) is 0 Å². The van der Waals surface area contributed by atoms with Crippen LogP contribution in [0.5, 0.6) is 5.75 Å². The monoisotopic (exact) mass is 293 g/mol. The summed E-state index contributed by atoms with van der Waals surface area (Å²) >= 11 is 0. The summed E-state index contributed by atoms with van der Waals surface area (Å²) in [5.41, 5.74) is 4.10. The Kier molecular flexibility index (Phi) is 3.63. The molecule has 2 nitrogen and oxygen atoms in total. The molecule has 0 bridgehead atoms. The summed E-state index contributed by atoms with van der Waals surface area (Å²) in [6, 6.07) is 17.7. The van der Waals surface area contributed by atoms with Crippen molar-refractivity contribution in [2.24, 2.45) is 0 Å². The Morgan fingerprint density at radius 2 is 1.68 bits per heavy atom. The van der Waals surface area contributed by atoms with E-state index in [4.69, 9.17) is 4.74 Å². The van der Waals surface area contributed by atoms with E-state index in [1.165, 1.54) is 42.6 Å². The van der Waals surface area contributed by atoms with Crippen LogP contribution in [-0.2, 0) is 6.42 Å². The lowest BCUT2D eigenvalue weighted by Crippen LogP contribution is -2.37. The van der Waals surface area contributed by atoms with Crippen LogP contribution in [0.4, 0.5) is 0 Å². The first-order valence-corrected chi connectivity index (χ1v) is 8.36. The van der Waals surface area contributed by atoms with Crippen LogP contribution in [0.25, 0.3) is 0 Å². The minimum Gasteiger partial charge on any atom is -0.484 e. The molecule has 1 saturated heterocycles. The van der Waals surface area contributed by atoms with E-state index in [9.17, 15) is 0 Å². The molecule has 1 fully saturated rings. The summed E-state index contributed by atoms with van der Waals surface area (Å²) in [4.78, 5) is 2.62. The van der Waals surface area contributed by atoms with Crippen molar-refractivity contribution in [1.82, 2.24) is 4.90 Å². The molecule has 2 heteroatoms. The lowest BCUT2D eigenvalue weighted by atomic mass is 10.1. The predicted molar refractivity (Wildman–Crippen MR) is 89.3 cm³/mol. The van der Waals surface area contributed by atoms with Crippen molar-refractivity contribution in [2.45, 2.75) is 38.3 Å². The van der Waals surface area contributed by atoms with E-state index in [-0.39, 0.29) is 6.10 Å². The molecule has 1 aliphatic carbocycles. The number of aryl methyl sites for hydroxylation is 1. The normalized spacial score (nSPS) is 24.4. The largest absolute Gasteiger partial charge is 0.484 e. The maximum Gasteiger partial charge on any atom is 0.140 e. The van der Waals surface area contributed by atoms with Crippen LogP contribution in [0, 0.1) is 6.92 Å². The van der Waals surface area contributed by atoms with Gasteiger partial charge in [0.05, 0.1) is 6.04 Å². The molecule has 2 atom stereocenters. The number of hydrogen-bond acceptors (Lipinski definition) is 2. The van der Waals surface area contributed by atoms with E-state index in [0.717, 1.165) is 12.2 Å². The zero-order chi connectivity index (χ0) is 14.9. The lowest BCUT2D eigenvalue weighted by Gasteiger charge is -2.30. The molecule has 1 heterocycles. The molecule has 114 valence electrons. The first-order chi connectivity index (χ1) is 10.8. The quantitative estimate of drug-likeness (QED) is 0.843. The number of nitrogens with zero attached hydrogens (tertiary/aromatic N) is 1. The molecule has 0 N–H and O–H groups in total. The van der Waals surface area contributed by atoms with Crippen LogP contribution in [0.1, 0.15) is 35.6 Å². The van der Waals surface area contributed by atoms with Gasteiger partial charge in [-0.25, -0.2) is 0 Å². The Hall–Kier alpha value is -1.80. The summed E-state index contributed by atoms with van der Waals surface area (Å²) in [7, 11) is 0. The SMILES string of the molecule is Cc1ccc(O[C@H]2c3ccccc3C[C@@H]2N2CCCC2)cc1. The van der Waals surface area contributed by atoms with Crippen LogP contribution >= 0.6 is 0 Å². The molecule has 2 aromatic carbocycles. The topological polar surface area (TPSA) is 12.5 Å². The van der Waals surface area contributed by atoms with Crippen molar-refractivity contribution in [2.75, 3.05) is 13.1 Å². The molecule has 4 rings (SSSR count). The van der Waals surface area contributed by atoms with Crippen LogP contribution in [-0.4, -0.2) is 24.0 Å². The maximum atomic E-state index is 6.44. The molecule has 22 heavy (non-hydrogen) atoms.